The van der Waals surface area contributed by atoms with Gasteiger partial charge in [-0.1, -0.05) is 84.9 Å². The van der Waals surface area contributed by atoms with Gasteiger partial charge in [-0.15, -0.1) is 0 Å². The second-order valence-corrected chi connectivity index (χ2v) is 9.88. The van der Waals surface area contributed by atoms with Crippen LogP contribution in [0, 0.1) is 0 Å². The van der Waals surface area contributed by atoms with Crippen molar-refractivity contribution >= 4 is 32.4 Å². The second-order valence-electron chi connectivity index (χ2n) is 8.05. The average Bonchev–Trinajstić information content (AvgIpc) is 3.03. The molecule has 0 unspecified atom stereocenters. The Morgan fingerprint density at radius 2 is 1.38 bits per heavy atom. The van der Waals surface area contributed by atoms with Crippen molar-refractivity contribution in [1.29, 1.82) is 0 Å². The zero-order valence-electron chi connectivity index (χ0n) is 17.5. The Hall–Kier alpha value is -3.64. The van der Waals surface area contributed by atoms with Gasteiger partial charge in [0, 0.05) is 5.39 Å². The van der Waals surface area contributed by atoms with E-state index >= 15 is 0 Å². The standard InChI is InChI=1S/C26H22N2O3S/c1-26(20-12-4-2-5-13-20,21-14-6-3-7-15-21)27-24(29)18-28-22-16-8-10-19-11-9-17-23(25(19)22)32(28,30)31/h2-17H,18H2,1H3,(H,27,29). The predicted octanol–water partition coefficient (Wildman–Crippen LogP) is 4.43. The first kappa shape index (κ1) is 20.3. The fourth-order valence-electron chi connectivity index (χ4n) is 4.43. The zero-order valence-corrected chi connectivity index (χ0v) is 18.3. The van der Waals surface area contributed by atoms with Gasteiger partial charge in [-0.25, -0.2) is 8.42 Å². The van der Waals surface area contributed by atoms with Crippen molar-refractivity contribution in [3.63, 3.8) is 0 Å². The number of rotatable bonds is 5. The first-order valence-electron chi connectivity index (χ1n) is 10.4. The molecule has 1 aliphatic rings. The molecule has 0 radical (unpaired) electrons. The van der Waals surface area contributed by atoms with Crippen molar-refractivity contribution in [1.82, 2.24) is 5.32 Å². The second kappa shape index (κ2) is 7.50. The lowest BCUT2D eigenvalue weighted by molar-refractivity contribution is -0.121. The van der Waals surface area contributed by atoms with Crippen LogP contribution in [0.25, 0.3) is 10.8 Å². The van der Waals surface area contributed by atoms with Crippen LogP contribution in [0.3, 0.4) is 0 Å². The summed E-state index contributed by atoms with van der Waals surface area (Å²) >= 11 is 0. The number of hydrogen-bond acceptors (Lipinski definition) is 3. The van der Waals surface area contributed by atoms with Gasteiger partial charge in [-0.3, -0.25) is 9.10 Å². The molecule has 1 aliphatic heterocycles. The van der Waals surface area contributed by atoms with Gasteiger partial charge in [0.15, 0.2) is 0 Å². The van der Waals surface area contributed by atoms with Crippen LogP contribution in [-0.2, 0) is 20.4 Å². The third kappa shape index (κ3) is 3.15. The highest BCUT2D eigenvalue weighted by Crippen LogP contribution is 2.41. The van der Waals surface area contributed by atoms with Gasteiger partial charge in [0.05, 0.1) is 16.1 Å². The summed E-state index contributed by atoms with van der Waals surface area (Å²) in [5.41, 5.74) is 1.54. The van der Waals surface area contributed by atoms with Crippen molar-refractivity contribution in [3.8, 4) is 0 Å². The van der Waals surface area contributed by atoms with Crippen LogP contribution in [0.15, 0.2) is 102 Å². The summed E-state index contributed by atoms with van der Waals surface area (Å²) in [6.45, 7) is 1.63. The van der Waals surface area contributed by atoms with E-state index in [1.165, 1.54) is 4.31 Å². The van der Waals surface area contributed by atoms with Gasteiger partial charge in [0.1, 0.15) is 6.54 Å². The number of carbonyl (C=O) groups excluding carboxylic acids is 1. The van der Waals surface area contributed by atoms with Gasteiger partial charge < -0.3 is 5.32 Å². The molecule has 5 rings (SSSR count). The van der Waals surface area contributed by atoms with E-state index in [4.69, 9.17) is 0 Å². The van der Waals surface area contributed by atoms with Crippen molar-refractivity contribution < 1.29 is 13.2 Å². The average molecular weight is 443 g/mol. The highest BCUT2D eigenvalue weighted by atomic mass is 32.2. The largest absolute Gasteiger partial charge is 0.341 e. The summed E-state index contributed by atoms with van der Waals surface area (Å²) in [5, 5.41) is 4.61. The van der Waals surface area contributed by atoms with E-state index in [-0.39, 0.29) is 17.3 Å². The molecule has 0 fully saturated rings. The van der Waals surface area contributed by atoms with E-state index in [1.54, 1.807) is 18.2 Å². The number of hydrogen-bond donors (Lipinski definition) is 1. The van der Waals surface area contributed by atoms with Crippen LogP contribution in [0.2, 0.25) is 0 Å². The van der Waals surface area contributed by atoms with Gasteiger partial charge in [0.2, 0.25) is 5.91 Å². The number of nitrogens with zero attached hydrogens (tertiary/aromatic N) is 1. The Bertz CT molecular complexity index is 1370. The quantitative estimate of drug-likeness (QED) is 0.497. The molecule has 1 heterocycles. The molecule has 5 nitrogen and oxygen atoms in total. The molecule has 0 aliphatic carbocycles. The number of anilines is 1. The Balaban J connectivity index is 1.51. The summed E-state index contributed by atoms with van der Waals surface area (Å²) in [6, 6.07) is 30.0. The molecule has 0 spiro atoms. The van der Waals surface area contributed by atoms with Crippen LogP contribution in [-0.4, -0.2) is 20.9 Å². The monoisotopic (exact) mass is 442 g/mol. The van der Waals surface area contributed by atoms with E-state index in [1.807, 2.05) is 85.8 Å². The molecule has 4 aromatic rings. The minimum atomic E-state index is -3.81. The van der Waals surface area contributed by atoms with Gasteiger partial charge in [0.25, 0.3) is 10.0 Å². The van der Waals surface area contributed by atoms with Crippen molar-refractivity contribution in [2.75, 3.05) is 10.8 Å². The van der Waals surface area contributed by atoms with Gasteiger partial charge >= 0.3 is 0 Å². The lowest BCUT2D eigenvalue weighted by atomic mass is 9.84. The summed E-state index contributed by atoms with van der Waals surface area (Å²) in [4.78, 5) is 13.5. The first-order valence-corrected chi connectivity index (χ1v) is 11.8. The van der Waals surface area contributed by atoms with E-state index in [0.29, 0.717) is 11.1 Å². The van der Waals surface area contributed by atoms with E-state index in [0.717, 1.165) is 16.5 Å². The molecule has 160 valence electrons. The maximum absolute atomic E-state index is 13.3. The molecule has 0 bridgehead atoms. The minimum Gasteiger partial charge on any atom is -0.341 e. The number of benzene rings is 4. The van der Waals surface area contributed by atoms with Crippen molar-refractivity contribution in [2.24, 2.45) is 0 Å². The lowest BCUT2D eigenvalue weighted by Crippen LogP contribution is -2.48. The van der Waals surface area contributed by atoms with Crippen LogP contribution in [0.1, 0.15) is 18.1 Å². The van der Waals surface area contributed by atoms with Crippen LogP contribution in [0.4, 0.5) is 5.69 Å². The smallest absolute Gasteiger partial charge is 0.265 e. The van der Waals surface area contributed by atoms with Crippen molar-refractivity contribution in [2.45, 2.75) is 17.4 Å². The third-order valence-electron chi connectivity index (χ3n) is 6.06. The van der Waals surface area contributed by atoms with Crippen molar-refractivity contribution in [3.05, 3.63) is 108 Å². The summed E-state index contributed by atoms with van der Waals surface area (Å²) in [6.07, 6.45) is 0. The fourth-order valence-corrected chi connectivity index (χ4v) is 6.10. The summed E-state index contributed by atoms with van der Waals surface area (Å²) in [7, 11) is -3.81. The Morgan fingerprint density at radius 1 is 0.812 bits per heavy atom. The predicted molar refractivity (Wildman–Crippen MR) is 126 cm³/mol. The van der Waals surface area contributed by atoms with Crippen LogP contribution >= 0.6 is 0 Å². The molecule has 4 aromatic carbocycles. The SMILES string of the molecule is CC(NC(=O)CN1c2cccc3cccc(c23)S1(=O)=O)(c1ccccc1)c1ccccc1. The van der Waals surface area contributed by atoms with E-state index in [9.17, 15) is 13.2 Å². The topological polar surface area (TPSA) is 66.5 Å². The van der Waals surface area contributed by atoms with Crippen LogP contribution in [0.5, 0.6) is 0 Å². The lowest BCUT2D eigenvalue weighted by Gasteiger charge is -2.33. The normalized spacial score (nSPS) is 14.5. The molecule has 1 amide bonds. The van der Waals surface area contributed by atoms with Gasteiger partial charge in [-0.2, -0.15) is 0 Å². The molecule has 0 atom stereocenters. The minimum absolute atomic E-state index is 0.243. The Kier molecular flexibility index (Phi) is 4.75. The van der Waals surface area contributed by atoms with Crippen LogP contribution < -0.4 is 9.62 Å². The molecular formula is C26H22N2O3S. The maximum atomic E-state index is 13.3. The molecule has 6 heteroatoms. The summed E-state index contributed by atoms with van der Waals surface area (Å²) in [5.74, 6) is -0.381. The number of sulfonamides is 1. The molecule has 0 saturated carbocycles. The number of nitrogens with one attached hydrogen (secondary N) is 1. The number of amides is 1. The molecule has 1 N–H and O–H groups in total. The highest BCUT2D eigenvalue weighted by molar-refractivity contribution is 7.93. The highest BCUT2D eigenvalue weighted by Gasteiger charge is 2.38. The molecule has 0 aromatic heterocycles. The van der Waals surface area contributed by atoms with Gasteiger partial charge in [-0.05, 0) is 35.6 Å². The first-order chi connectivity index (χ1) is 15.4. The third-order valence-corrected chi connectivity index (χ3v) is 7.86. The molecule has 0 saturated heterocycles. The van der Waals surface area contributed by atoms with E-state index < -0.39 is 15.6 Å². The van der Waals surface area contributed by atoms with E-state index in [2.05, 4.69) is 5.32 Å². The summed E-state index contributed by atoms with van der Waals surface area (Å²) < 4.78 is 27.7. The molecular weight excluding hydrogens is 420 g/mol. The Morgan fingerprint density at radius 3 is 1.97 bits per heavy atom. The molecule has 32 heavy (non-hydrogen) atoms. The maximum Gasteiger partial charge on any atom is 0.265 e. The number of carbonyl (C=O) groups is 1. The Labute approximate surface area is 187 Å². The fraction of sp³-hybridized carbons (Fsp3) is 0.115. The zero-order chi connectivity index (χ0) is 22.3.